The molecule has 3 aromatic rings. The minimum atomic E-state index is -0.173. The number of fused-ring (bicyclic) bond motifs is 1. The molecule has 4 rings (SSSR count). The molecule has 22 heavy (non-hydrogen) atoms. The standard InChI is InChI=1S/C17H12N2O2S/c1-10-12(11-5-2-3-6-13(11)18-10)9-14-17(20)21-16(19-14)15-7-4-8-22-15/h2-9,20H,1H3. The maximum Gasteiger partial charge on any atom is 0.310 e. The van der Waals surface area contributed by atoms with Crippen LogP contribution in [0.5, 0.6) is 5.95 Å². The van der Waals surface area contributed by atoms with Crippen molar-refractivity contribution in [2.24, 2.45) is 4.99 Å². The first-order valence-electron chi connectivity index (χ1n) is 6.83. The number of oxazole rings is 1. The normalized spacial score (nSPS) is 15.1. The maximum absolute atomic E-state index is 10.0. The molecule has 0 unspecified atom stereocenters. The van der Waals surface area contributed by atoms with Crippen molar-refractivity contribution >= 4 is 34.4 Å². The van der Waals surface area contributed by atoms with Crippen molar-refractivity contribution in [3.05, 3.63) is 53.0 Å². The Balaban J connectivity index is 1.80. The Labute approximate surface area is 131 Å². The molecule has 0 saturated heterocycles. The number of allylic oxidation sites excluding steroid dienone is 1. The van der Waals surface area contributed by atoms with Gasteiger partial charge in [-0.1, -0.05) is 24.3 Å². The van der Waals surface area contributed by atoms with Crippen LogP contribution in [0.3, 0.4) is 0 Å². The average Bonchev–Trinajstić information content (AvgIpc) is 3.21. The van der Waals surface area contributed by atoms with Gasteiger partial charge in [-0.2, -0.15) is 0 Å². The lowest BCUT2D eigenvalue weighted by atomic mass is 10.0. The number of hydrogen-bond acceptors (Lipinski definition) is 5. The highest BCUT2D eigenvalue weighted by Gasteiger charge is 2.20. The summed E-state index contributed by atoms with van der Waals surface area (Å²) >= 11 is 1.52. The fourth-order valence-corrected chi connectivity index (χ4v) is 3.13. The van der Waals surface area contributed by atoms with Crippen molar-refractivity contribution in [1.82, 2.24) is 4.98 Å². The molecular weight excluding hydrogens is 296 g/mol. The molecule has 2 aromatic heterocycles. The highest BCUT2D eigenvalue weighted by molar-refractivity contribution is 7.13. The molecule has 5 heteroatoms. The van der Waals surface area contributed by atoms with Gasteiger partial charge >= 0.3 is 5.95 Å². The number of hydrogen-bond donors (Lipinski definition) is 1. The van der Waals surface area contributed by atoms with E-state index in [9.17, 15) is 5.11 Å². The van der Waals surface area contributed by atoms with Gasteiger partial charge in [0.2, 0.25) is 5.89 Å². The van der Waals surface area contributed by atoms with E-state index in [2.05, 4.69) is 9.98 Å². The van der Waals surface area contributed by atoms with Crippen LogP contribution in [0, 0.1) is 0 Å². The van der Waals surface area contributed by atoms with E-state index in [-0.39, 0.29) is 5.95 Å². The first-order valence-corrected chi connectivity index (χ1v) is 7.71. The van der Waals surface area contributed by atoms with Crippen molar-refractivity contribution in [3.8, 4) is 16.7 Å². The molecule has 108 valence electrons. The smallest absolute Gasteiger partial charge is 0.310 e. The molecule has 1 N–H and O–H groups in total. The number of aliphatic imine (C=N–C) groups is 1. The summed E-state index contributed by atoms with van der Waals surface area (Å²) in [4.78, 5) is 9.80. The molecular formula is C17H12N2O2S. The first kappa shape index (κ1) is 13.0. The van der Waals surface area contributed by atoms with Gasteiger partial charge in [0, 0.05) is 16.8 Å². The molecule has 0 bridgehead atoms. The Kier molecular flexibility index (Phi) is 2.94. The topological polar surface area (TPSA) is 58.6 Å². The Morgan fingerprint density at radius 2 is 2.05 bits per heavy atom. The third-order valence-corrected chi connectivity index (χ3v) is 4.38. The van der Waals surface area contributed by atoms with E-state index in [1.54, 1.807) is 0 Å². The van der Waals surface area contributed by atoms with Gasteiger partial charge in [-0.05, 0) is 30.5 Å². The molecule has 3 heterocycles. The molecule has 0 saturated carbocycles. The second-order valence-corrected chi connectivity index (χ2v) is 5.91. The summed E-state index contributed by atoms with van der Waals surface area (Å²) in [6, 6.07) is 11.7. The minimum absolute atomic E-state index is 0.173. The minimum Gasteiger partial charge on any atom is -0.479 e. The van der Waals surface area contributed by atoms with Gasteiger partial charge in [0.15, 0.2) is 0 Å². The molecule has 0 spiro atoms. The third-order valence-electron chi connectivity index (χ3n) is 3.52. The SMILES string of the molecule is CC1=Nc2ccccc2C1=Cc1nc(-c2cccs2)oc1O. The van der Waals surface area contributed by atoms with Gasteiger partial charge in [0.05, 0.1) is 10.6 Å². The van der Waals surface area contributed by atoms with Crippen LogP contribution in [-0.2, 0) is 0 Å². The van der Waals surface area contributed by atoms with Gasteiger partial charge in [-0.3, -0.25) is 4.99 Å². The fraction of sp³-hybridized carbons (Fsp3) is 0.0588. The van der Waals surface area contributed by atoms with Crippen LogP contribution in [0.4, 0.5) is 5.69 Å². The molecule has 1 aliphatic heterocycles. The summed E-state index contributed by atoms with van der Waals surface area (Å²) < 4.78 is 5.36. The highest BCUT2D eigenvalue weighted by Crippen LogP contribution is 2.37. The molecule has 0 atom stereocenters. The zero-order valence-electron chi connectivity index (χ0n) is 11.8. The number of aromatic hydroxyl groups is 1. The van der Waals surface area contributed by atoms with E-state index in [1.807, 2.05) is 54.8 Å². The zero-order valence-corrected chi connectivity index (χ0v) is 12.6. The van der Waals surface area contributed by atoms with Gasteiger partial charge in [0.25, 0.3) is 0 Å². The number of benzene rings is 1. The Morgan fingerprint density at radius 3 is 2.86 bits per heavy atom. The van der Waals surface area contributed by atoms with Crippen molar-refractivity contribution in [3.63, 3.8) is 0 Å². The van der Waals surface area contributed by atoms with Crippen LogP contribution in [0.2, 0.25) is 0 Å². The third kappa shape index (κ3) is 2.07. The summed E-state index contributed by atoms with van der Waals surface area (Å²) in [5, 5.41) is 12.0. The van der Waals surface area contributed by atoms with Crippen LogP contribution < -0.4 is 0 Å². The number of rotatable bonds is 2. The number of aromatic nitrogens is 1. The molecule has 0 aliphatic carbocycles. The summed E-state index contributed by atoms with van der Waals surface area (Å²) in [6.45, 7) is 1.95. The average molecular weight is 308 g/mol. The van der Waals surface area contributed by atoms with Crippen LogP contribution in [0.1, 0.15) is 18.2 Å². The molecule has 1 aliphatic rings. The second-order valence-electron chi connectivity index (χ2n) is 4.96. The first-order chi connectivity index (χ1) is 10.7. The molecule has 4 nitrogen and oxygen atoms in total. The molecule has 0 radical (unpaired) electrons. The predicted octanol–water partition coefficient (Wildman–Crippen LogP) is 4.76. The monoisotopic (exact) mass is 308 g/mol. The summed E-state index contributed by atoms with van der Waals surface area (Å²) in [5.41, 5.74) is 4.26. The van der Waals surface area contributed by atoms with Gasteiger partial charge in [-0.25, -0.2) is 4.98 Å². The second kappa shape index (κ2) is 4.96. The number of nitrogens with zero attached hydrogens (tertiary/aromatic N) is 2. The molecule has 0 amide bonds. The maximum atomic E-state index is 10.0. The summed E-state index contributed by atoms with van der Waals surface area (Å²) in [5.74, 6) is 0.258. The van der Waals surface area contributed by atoms with Gasteiger partial charge in [0.1, 0.15) is 5.69 Å². The predicted molar refractivity (Wildman–Crippen MR) is 88.6 cm³/mol. The van der Waals surface area contributed by atoms with Crippen LogP contribution in [-0.4, -0.2) is 15.8 Å². The molecule has 0 fully saturated rings. The van der Waals surface area contributed by atoms with Crippen LogP contribution >= 0.6 is 11.3 Å². The van der Waals surface area contributed by atoms with E-state index in [1.165, 1.54) is 11.3 Å². The van der Waals surface area contributed by atoms with E-state index < -0.39 is 0 Å². The van der Waals surface area contributed by atoms with E-state index >= 15 is 0 Å². The van der Waals surface area contributed by atoms with Crippen LogP contribution in [0.15, 0.2) is 51.2 Å². The van der Waals surface area contributed by atoms with E-state index in [4.69, 9.17) is 4.42 Å². The number of para-hydroxylation sites is 1. The van der Waals surface area contributed by atoms with Crippen molar-refractivity contribution in [1.29, 1.82) is 0 Å². The Morgan fingerprint density at radius 1 is 1.18 bits per heavy atom. The lowest BCUT2D eigenvalue weighted by molar-refractivity contribution is 0.337. The highest BCUT2D eigenvalue weighted by atomic mass is 32.1. The van der Waals surface area contributed by atoms with Crippen molar-refractivity contribution in [2.45, 2.75) is 6.92 Å². The fourth-order valence-electron chi connectivity index (χ4n) is 2.48. The largest absolute Gasteiger partial charge is 0.479 e. The lowest BCUT2D eigenvalue weighted by Gasteiger charge is -1.99. The lowest BCUT2D eigenvalue weighted by Crippen LogP contribution is -1.90. The van der Waals surface area contributed by atoms with E-state index in [0.29, 0.717) is 11.6 Å². The van der Waals surface area contributed by atoms with Crippen molar-refractivity contribution < 1.29 is 9.52 Å². The molecule has 1 aromatic carbocycles. The quantitative estimate of drug-likeness (QED) is 0.743. The zero-order chi connectivity index (χ0) is 15.1. The van der Waals surface area contributed by atoms with Crippen LogP contribution in [0.25, 0.3) is 22.4 Å². The Hall–Kier alpha value is -2.66. The van der Waals surface area contributed by atoms with Gasteiger partial charge < -0.3 is 9.52 Å². The Bertz CT molecular complexity index is 905. The summed E-state index contributed by atoms with van der Waals surface area (Å²) in [6.07, 6.45) is 1.82. The number of thiophene rings is 1. The van der Waals surface area contributed by atoms with E-state index in [0.717, 1.165) is 27.4 Å². The summed E-state index contributed by atoms with van der Waals surface area (Å²) in [7, 11) is 0. The van der Waals surface area contributed by atoms with Gasteiger partial charge in [-0.15, -0.1) is 11.3 Å². The van der Waals surface area contributed by atoms with Crippen molar-refractivity contribution in [2.75, 3.05) is 0 Å².